The quantitative estimate of drug-likeness (QED) is 0.828. The average molecular weight is 231 g/mol. The number of rotatable bonds is 2. The molecule has 2 atom stereocenters. The Hall–Kier alpha value is -2.09. The van der Waals surface area contributed by atoms with Gasteiger partial charge in [-0.3, -0.25) is 0 Å². The van der Waals surface area contributed by atoms with E-state index in [9.17, 15) is 9.90 Å². The summed E-state index contributed by atoms with van der Waals surface area (Å²) in [6.07, 6.45) is 2.32. The van der Waals surface area contributed by atoms with Gasteiger partial charge in [-0.1, -0.05) is 6.92 Å². The molecule has 0 aliphatic carbocycles. The zero-order valence-electron chi connectivity index (χ0n) is 9.50. The first kappa shape index (κ1) is 11.4. The number of aliphatic carboxylic acids is 1. The monoisotopic (exact) mass is 231 g/mol. The van der Waals surface area contributed by atoms with Crippen LogP contribution in [0.25, 0.3) is 0 Å². The maximum absolute atomic E-state index is 11.2. The lowest BCUT2D eigenvalue weighted by molar-refractivity contribution is -0.139. The van der Waals surface area contributed by atoms with Crippen LogP contribution in [0.5, 0.6) is 0 Å². The van der Waals surface area contributed by atoms with Gasteiger partial charge in [0.05, 0.1) is 5.56 Å². The zero-order valence-corrected chi connectivity index (χ0v) is 9.50. The fourth-order valence-electron chi connectivity index (χ4n) is 2.20. The number of hydrogen-bond donors (Lipinski definition) is 1. The predicted molar refractivity (Wildman–Crippen MR) is 61.5 cm³/mol. The molecule has 1 aliphatic rings. The molecular weight excluding hydrogens is 218 g/mol. The van der Waals surface area contributed by atoms with Crippen molar-refractivity contribution in [2.45, 2.75) is 19.4 Å². The molecule has 0 radical (unpaired) electrons. The Balaban J connectivity index is 2.27. The second-order valence-electron chi connectivity index (χ2n) is 4.26. The normalized spacial score (nSPS) is 23.4. The van der Waals surface area contributed by atoms with Crippen molar-refractivity contribution in [1.82, 2.24) is 4.98 Å². The largest absolute Gasteiger partial charge is 0.480 e. The van der Waals surface area contributed by atoms with E-state index in [-0.39, 0.29) is 5.92 Å². The second-order valence-corrected chi connectivity index (χ2v) is 4.26. The van der Waals surface area contributed by atoms with Crippen LogP contribution in [0.1, 0.15) is 18.9 Å². The topological polar surface area (TPSA) is 77.2 Å². The summed E-state index contributed by atoms with van der Waals surface area (Å²) in [5.41, 5.74) is 0.480. The molecule has 1 fully saturated rings. The van der Waals surface area contributed by atoms with E-state index in [0.717, 1.165) is 6.42 Å². The molecule has 1 aromatic heterocycles. The maximum Gasteiger partial charge on any atom is 0.326 e. The molecule has 1 aromatic rings. The third-order valence-electron chi connectivity index (χ3n) is 3.12. The van der Waals surface area contributed by atoms with Gasteiger partial charge in [0.2, 0.25) is 0 Å². The number of pyridine rings is 1. The van der Waals surface area contributed by atoms with Gasteiger partial charge >= 0.3 is 5.97 Å². The van der Waals surface area contributed by atoms with Gasteiger partial charge in [-0.2, -0.15) is 5.26 Å². The summed E-state index contributed by atoms with van der Waals surface area (Å²) in [6.45, 7) is 2.62. The van der Waals surface area contributed by atoms with Crippen molar-refractivity contribution < 1.29 is 9.90 Å². The highest BCUT2D eigenvalue weighted by molar-refractivity contribution is 5.79. The first-order valence-corrected chi connectivity index (χ1v) is 5.49. The average Bonchev–Trinajstić information content (AvgIpc) is 2.71. The summed E-state index contributed by atoms with van der Waals surface area (Å²) in [6, 6.07) is 4.83. The fourth-order valence-corrected chi connectivity index (χ4v) is 2.20. The van der Waals surface area contributed by atoms with E-state index in [2.05, 4.69) is 4.98 Å². The van der Waals surface area contributed by atoms with E-state index in [4.69, 9.17) is 5.26 Å². The van der Waals surface area contributed by atoms with Crippen molar-refractivity contribution in [2.75, 3.05) is 11.4 Å². The van der Waals surface area contributed by atoms with E-state index in [1.807, 2.05) is 13.0 Å². The molecule has 0 bridgehead atoms. The SMILES string of the molecule is CC1CCN(c2ccc(C#N)cn2)C1C(=O)O. The Morgan fingerprint density at radius 1 is 1.65 bits per heavy atom. The van der Waals surface area contributed by atoms with Crippen molar-refractivity contribution in [2.24, 2.45) is 5.92 Å². The predicted octanol–water partition coefficient (Wildman–Crippen LogP) is 1.25. The molecule has 2 heterocycles. The smallest absolute Gasteiger partial charge is 0.326 e. The van der Waals surface area contributed by atoms with Crippen LogP contribution in [0, 0.1) is 17.2 Å². The summed E-state index contributed by atoms with van der Waals surface area (Å²) in [5, 5.41) is 17.9. The van der Waals surface area contributed by atoms with E-state index < -0.39 is 12.0 Å². The van der Waals surface area contributed by atoms with Gasteiger partial charge in [0.25, 0.3) is 0 Å². The number of aromatic nitrogens is 1. The third kappa shape index (κ3) is 2.07. The number of anilines is 1. The van der Waals surface area contributed by atoms with E-state index >= 15 is 0 Å². The lowest BCUT2D eigenvalue weighted by atomic mass is 10.0. The number of nitriles is 1. The van der Waals surface area contributed by atoms with Crippen LogP contribution in [0.2, 0.25) is 0 Å². The molecule has 2 unspecified atom stereocenters. The van der Waals surface area contributed by atoms with Crippen molar-refractivity contribution in [3.8, 4) is 6.07 Å². The molecule has 0 aromatic carbocycles. The lowest BCUT2D eigenvalue weighted by Gasteiger charge is -2.24. The van der Waals surface area contributed by atoms with Gasteiger partial charge in [-0.25, -0.2) is 9.78 Å². The van der Waals surface area contributed by atoms with Crippen LogP contribution >= 0.6 is 0 Å². The summed E-state index contributed by atoms with van der Waals surface area (Å²) in [5.74, 6) is -0.0770. The van der Waals surface area contributed by atoms with Crippen LogP contribution in [-0.2, 0) is 4.79 Å². The molecule has 1 saturated heterocycles. The fraction of sp³-hybridized carbons (Fsp3) is 0.417. The molecular formula is C12H13N3O2. The highest BCUT2D eigenvalue weighted by atomic mass is 16.4. The number of carbonyl (C=O) groups is 1. The Morgan fingerprint density at radius 3 is 2.94 bits per heavy atom. The van der Waals surface area contributed by atoms with Gasteiger partial charge in [0.15, 0.2) is 0 Å². The number of hydrogen-bond acceptors (Lipinski definition) is 4. The van der Waals surface area contributed by atoms with Crippen LogP contribution in [0.3, 0.4) is 0 Å². The van der Waals surface area contributed by atoms with Crippen LogP contribution in [-0.4, -0.2) is 28.6 Å². The molecule has 1 N–H and O–H groups in total. The highest BCUT2D eigenvalue weighted by Crippen LogP contribution is 2.28. The maximum atomic E-state index is 11.2. The summed E-state index contributed by atoms with van der Waals surface area (Å²) in [4.78, 5) is 17.1. The lowest BCUT2D eigenvalue weighted by Crippen LogP contribution is -2.39. The Labute approximate surface area is 99.3 Å². The van der Waals surface area contributed by atoms with Gasteiger partial charge in [0.1, 0.15) is 17.9 Å². The first-order chi connectivity index (χ1) is 8.13. The van der Waals surface area contributed by atoms with Crippen LogP contribution in [0.15, 0.2) is 18.3 Å². The van der Waals surface area contributed by atoms with Gasteiger partial charge in [-0.15, -0.1) is 0 Å². The molecule has 88 valence electrons. The Morgan fingerprint density at radius 2 is 2.41 bits per heavy atom. The van der Waals surface area contributed by atoms with Gasteiger partial charge in [-0.05, 0) is 24.5 Å². The Bertz CT molecular complexity index is 464. The van der Waals surface area contributed by atoms with E-state index in [1.54, 1.807) is 17.0 Å². The number of carboxylic acids is 1. The highest BCUT2D eigenvalue weighted by Gasteiger charge is 2.37. The zero-order chi connectivity index (χ0) is 12.4. The van der Waals surface area contributed by atoms with Crippen molar-refractivity contribution in [3.63, 3.8) is 0 Å². The number of nitrogens with zero attached hydrogens (tertiary/aromatic N) is 3. The summed E-state index contributed by atoms with van der Waals surface area (Å²) < 4.78 is 0. The Kier molecular flexibility index (Phi) is 2.96. The van der Waals surface area contributed by atoms with E-state index in [1.165, 1.54) is 6.20 Å². The molecule has 17 heavy (non-hydrogen) atoms. The molecule has 2 rings (SSSR count). The van der Waals surface area contributed by atoms with Crippen molar-refractivity contribution in [1.29, 1.82) is 5.26 Å². The summed E-state index contributed by atoms with van der Waals surface area (Å²) in [7, 11) is 0. The third-order valence-corrected chi connectivity index (χ3v) is 3.12. The van der Waals surface area contributed by atoms with Crippen molar-refractivity contribution >= 4 is 11.8 Å². The minimum absolute atomic E-state index is 0.116. The van der Waals surface area contributed by atoms with Gasteiger partial charge in [0, 0.05) is 12.7 Å². The van der Waals surface area contributed by atoms with Gasteiger partial charge < -0.3 is 10.0 Å². The molecule has 0 saturated carbocycles. The molecule has 0 spiro atoms. The first-order valence-electron chi connectivity index (χ1n) is 5.49. The standard InChI is InChI=1S/C12H13N3O2/c1-8-4-5-15(11(8)12(16)17)10-3-2-9(6-13)7-14-10/h2-3,7-8,11H,4-5H2,1H3,(H,16,17). The van der Waals surface area contributed by atoms with E-state index in [0.29, 0.717) is 17.9 Å². The molecule has 5 nitrogen and oxygen atoms in total. The molecule has 1 aliphatic heterocycles. The number of carboxylic acid groups (broad SMARTS) is 1. The molecule has 5 heteroatoms. The second kappa shape index (κ2) is 4.42. The summed E-state index contributed by atoms with van der Waals surface area (Å²) >= 11 is 0. The minimum atomic E-state index is -0.818. The molecule has 0 amide bonds. The van der Waals surface area contributed by atoms with Crippen molar-refractivity contribution in [3.05, 3.63) is 23.9 Å². The van der Waals surface area contributed by atoms with Crippen LogP contribution in [0.4, 0.5) is 5.82 Å². The minimum Gasteiger partial charge on any atom is -0.480 e. The van der Waals surface area contributed by atoms with Crippen LogP contribution < -0.4 is 4.90 Å².